The highest BCUT2D eigenvalue weighted by molar-refractivity contribution is 8.18. The van der Waals surface area contributed by atoms with Crippen molar-refractivity contribution in [2.24, 2.45) is 0 Å². The Kier molecular flexibility index (Phi) is 5.88. The van der Waals surface area contributed by atoms with Crippen molar-refractivity contribution in [3.63, 3.8) is 0 Å². The third-order valence-corrected chi connectivity index (χ3v) is 5.33. The minimum Gasteiger partial charge on any atom is -0.493 e. The van der Waals surface area contributed by atoms with E-state index in [4.69, 9.17) is 16.3 Å². The summed E-state index contributed by atoms with van der Waals surface area (Å²) < 4.78 is 5.54. The molecule has 0 atom stereocenters. The summed E-state index contributed by atoms with van der Waals surface area (Å²) in [5, 5.41) is 0.0666. The first-order valence-electron chi connectivity index (χ1n) is 8.45. The lowest BCUT2D eigenvalue weighted by molar-refractivity contribution is -0.135. The first-order chi connectivity index (χ1) is 12.5. The smallest absolute Gasteiger partial charge is 0.294 e. The molecule has 138 valence electrons. The molecule has 2 aliphatic rings. The van der Waals surface area contributed by atoms with Gasteiger partial charge in [-0.3, -0.25) is 19.3 Å². The normalized spacial score (nSPS) is 18.9. The zero-order valence-electron chi connectivity index (χ0n) is 14.4. The molecular formula is C18H19ClN2O4S. The number of ether oxygens (including phenoxy) is 1. The van der Waals surface area contributed by atoms with Gasteiger partial charge in [-0.1, -0.05) is 11.6 Å². The van der Waals surface area contributed by atoms with Crippen LogP contribution in [0.25, 0.3) is 6.08 Å². The second-order valence-electron chi connectivity index (χ2n) is 5.97. The highest BCUT2D eigenvalue weighted by Gasteiger charge is 2.37. The molecule has 0 bridgehead atoms. The Balaban J connectivity index is 1.79. The molecule has 1 aromatic carbocycles. The first-order valence-corrected chi connectivity index (χ1v) is 9.64. The van der Waals surface area contributed by atoms with Gasteiger partial charge in [0.05, 0.1) is 11.5 Å². The minimum absolute atomic E-state index is 0.191. The number of amides is 3. The van der Waals surface area contributed by atoms with Gasteiger partial charge in [-0.2, -0.15) is 0 Å². The Morgan fingerprint density at radius 2 is 2.04 bits per heavy atom. The van der Waals surface area contributed by atoms with E-state index in [0.29, 0.717) is 36.0 Å². The highest BCUT2D eigenvalue weighted by atomic mass is 35.5. The van der Waals surface area contributed by atoms with Crippen LogP contribution in [0.15, 0.2) is 23.1 Å². The topological polar surface area (TPSA) is 66.9 Å². The van der Waals surface area contributed by atoms with Crippen molar-refractivity contribution in [1.29, 1.82) is 0 Å². The molecule has 1 aromatic rings. The average molecular weight is 395 g/mol. The van der Waals surface area contributed by atoms with Gasteiger partial charge in [0.25, 0.3) is 11.1 Å². The van der Waals surface area contributed by atoms with Crippen molar-refractivity contribution >= 4 is 46.5 Å². The lowest BCUT2D eigenvalue weighted by Gasteiger charge is -2.18. The fourth-order valence-corrected chi connectivity index (χ4v) is 3.91. The van der Waals surface area contributed by atoms with Gasteiger partial charge >= 0.3 is 0 Å². The molecule has 0 unspecified atom stereocenters. The molecule has 3 amide bonds. The van der Waals surface area contributed by atoms with E-state index in [0.717, 1.165) is 29.5 Å². The predicted molar refractivity (Wildman–Crippen MR) is 101 cm³/mol. The number of thioether (sulfide) groups is 1. The molecule has 3 rings (SSSR count). The molecule has 2 saturated heterocycles. The zero-order chi connectivity index (χ0) is 18.7. The fourth-order valence-electron chi connectivity index (χ4n) is 2.90. The number of hydrogen-bond donors (Lipinski definition) is 0. The number of halogens is 1. The Bertz CT molecular complexity index is 774. The lowest BCUT2D eigenvalue weighted by atomic mass is 10.2. The van der Waals surface area contributed by atoms with Crippen molar-refractivity contribution < 1.29 is 19.1 Å². The molecule has 2 fully saturated rings. The van der Waals surface area contributed by atoms with Crippen LogP contribution in [0.4, 0.5) is 4.79 Å². The van der Waals surface area contributed by atoms with Gasteiger partial charge in [0.15, 0.2) is 0 Å². The van der Waals surface area contributed by atoms with Gasteiger partial charge in [-0.25, -0.2) is 0 Å². The molecule has 0 aliphatic carbocycles. The number of benzene rings is 1. The van der Waals surface area contributed by atoms with Crippen LogP contribution in [0.5, 0.6) is 5.75 Å². The monoisotopic (exact) mass is 394 g/mol. The Morgan fingerprint density at radius 1 is 1.31 bits per heavy atom. The van der Waals surface area contributed by atoms with Crippen LogP contribution < -0.4 is 4.74 Å². The first kappa shape index (κ1) is 18.8. The molecule has 6 nitrogen and oxygen atoms in total. The van der Waals surface area contributed by atoms with E-state index in [1.54, 1.807) is 29.2 Å². The van der Waals surface area contributed by atoms with Crippen LogP contribution in [0.3, 0.4) is 0 Å². The average Bonchev–Trinajstić information content (AvgIpc) is 3.22. The third kappa shape index (κ3) is 4.04. The van der Waals surface area contributed by atoms with E-state index in [2.05, 4.69) is 0 Å². The van der Waals surface area contributed by atoms with Crippen molar-refractivity contribution in [1.82, 2.24) is 9.80 Å². The summed E-state index contributed by atoms with van der Waals surface area (Å²) in [4.78, 5) is 40.0. The SMILES string of the molecule is CCOc1ccc(Cl)cc1/C=C1/SC(=O)N(CC(=O)N2CCCC2)C1=O. The zero-order valence-corrected chi connectivity index (χ0v) is 15.9. The predicted octanol–water partition coefficient (Wildman–Crippen LogP) is 3.40. The third-order valence-electron chi connectivity index (χ3n) is 4.18. The Hall–Kier alpha value is -1.99. The van der Waals surface area contributed by atoms with E-state index >= 15 is 0 Å². The van der Waals surface area contributed by atoms with Crippen LogP contribution in [-0.4, -0.2) is 53.1 Å². The summed E-state index contributed by atoms with van der Waals surface area (Å²) in [6.45, 7) is 3.48. The van der Waals surface area contributed by atoms with E-state index in [1.165, 1.54) is 0 Å². The Morgan fingerprint density at radius 3 is 2.73 bits per heavy atom. The van der Waals surface area contributed by atoms with Crippen LogP contribution in [-0.2, 0) is 9.59 Å². The molecular weight excluding hydrogens is 376 g/mol. The molecule has 2 aliphatic heterocycles. The van der Waals surface area contributed by atoms with Crippen LogP contribution in [0.2, 0.25) is 5.02 Å². The molecule has 0 aromatic heterocycles. The summed E-state index contributed by atoms with van der Waals surface area (Å²) in [6, 6.07) is 5.10. The number of nitrogens with zero attached hydrogens (tertiary/aromatic N) is 2. The standard InChI is InChI=1S/C18H19ClN2O4S/c1-2-25-14-6-5-13(19)9-12(14)10-15-17(23)21(18(24)26-15)11-16(22)20-7-3-4-8-20/h5-6,9-10H,2-4,7-8,11H2,1H3/b15-10+. The maximum Gasteiger partial charge on any atom is 0.294 e. The van der Waals surface area contributed by atoms with Gasteiger partial charge in [-0.15, -0.1) is 0 Å². The molecule has 0 N–H and O–H groups in total. The molecule has 0 radical (unpaired) electrons. The van der Waals surface area contributed by atoms with Crippen molar-refractivity contribution in [2.75, 3.05) is 26.2 Å². The second-order valence-corrected chi connectivity index (χ2v) is 7.40. The number of hydrogen-bond acceptors (Lipinski definition) is 5. The summed E-state index contributed by atoms with van der Waals surface area (Å²) >= 11 is 6.86. The molecule has 8 heteroatoms. The fraction of sp³-hybridized carbons (Fsp3) is 0.389. The molecule has 26 heavy (non-hydrogen) atoms. The van der Waals surface area contributed by atoms with Gasteiger partial charge in [-0.05, 0) is 55.8 Å². The van der Waals surface area contributed by atoms with Crippen molar-refractivity contribution in [2.45, 2.75) is 19.8 Å². The summed E-state index contributed by atoms with van der Waals surface area (Å²) in [6.07, 6.45) is 3.51. The van der Waals surface area contributed by atoms with Gasteiger partial charge < -0.3 is 9.64 Å². The van der Waals surface area contributed by atoms with Gasteiger partial charge in [0, 0.05) is 23.7 Å². The van der Waals surface area contributed by atoms with Gasteiger partial charge in [0.2, 0.25) is 5.91 Å². The summed E-state index contributed by atoms with van der Waals surface area (Å²) in [5.41, 5.74) is 0.621. The molecule has 2 heterocycles. The molecule has 0 saturated carbocycles. The van der Waals surface area contributed by atoms with Crippen molar-refractivity contribution in [3.8, 4) is 5.75 Å². The van der Waals surface area contributed by atoms with Gasteiger partial charge in [0.1, 0.15) is 12.3 Å². The number of carbonyl (C=O) groups excluding carboxylic acids is 3. The lowest BCUT2D eigenvalue weighted by Crippen LogP contribution is -2.40. The summed E-state index contributed by atoms with van der Waals surface area (Å²) in [7, 11) is 0. The van der Waals surface area contributed by atoms with E-state index < -0.39 is 11.1 Å². The quantitative estimate of drug-likeness (QED) is 0.716. The Labute approximate surface area is 161 Å². The summed E-state index contributed by atoms with van der Waals surface area (Å²) in [5.74, 6) is -0.0735. The van der Waals surface area contributed by atoms with E-state index in [-0.39, 0.29) is 17.4 Å². The molecule has 0 spiro atoms. The van der Waals surface area contributed by atoms with Crippen molar-refractivity contribution in [3.05, 3.63) is 33.7 Å². The highest BCUT2D eigenvalue weighted by Crippen LogP contribution is 2.34. The minimum atomic E-state index is -0.463. The van der Waals surface area contributed by atoms with Crippen LogP contribution in [0.1, 0.15) is 25.3 Å². The maximum atomic E-state index is 12.6. The number of carbonyl (C=O) groups is 3. The van der Waals surface area contributed by atoms with E-state index in [1.807, 2.05) is 6.92 Å². The number of imide groups is 1. The number of rotatable bonds is 5. The second kappa shape index (κ2) is 8.14. The van der Waals surface area contributed by atoms with Crippen LogP contribution in [0, 0.1) is 0 Å². The van der Waals surface area contributed by atoms with Crippen LogP contribution >= 0.6 is 23.4 Å². The largest absolute Gasteiger partial charge is 0.493 e. The number of likely N-dealkylation sites (tertiary alicyclic amines) is 1. The maximum absolute atomic E-state index is 12.6. The van der Waals surface area contributed by atoms with E-state index in [9.17, 15) is 14.4 Å².